The molecule has 1 saturated heterocycles. The number of amides is 2. The predicted octanol–water partition coefficient (Wildman–Crippen LogP) is 3.74. The van der Waals surface area contributed by atoms with Gasteiger partial charge >= 0.3 is 0 Å². The first-order chi connectivity index (χ1) is 11.9. The van der Waals surface area contributed by atoms with E-state index >= 15 is 0 Å². The lowest BCUT2D eigenvalue weighted by Gasteiger charge is -2.20. The summed E-state index contributed by atoms with van der Waals surface area (Å²) in [6.45, 7) is 6.11. The fraction of sp³-hybridized carbons (Fsp3) is 0.300. The first kappa shape index (κ1) is 17.1. The zero-order chi connectivity index (χ0) is 18.1. The molecule has 2 amide bonds. The summed E-state index contributed by atoms with van der Waals surface area (Å²) in [5.41, 5.74) is 4.22. The molecule has 1 atom stereocenters. The minimum Gasteiger partial charge on any atom is -0.325 e. The van der Waals surface area contributed by atoms with Crippen LogP contribution in [0, 0.1) is 32.5 Å². The highest BCUT2D eigenvalue weighted by molar-refractivity contribution is 6.04. The third kappa shape index (κ3) is 3.40. The SMILES string of the molecule is Cc1ccc(F)cc1NC(=O)C1CC(=O)N(c2cccc(C)c2C)C1. The van der Waals surface area contributed by atoms with Gasteiger partial charge in [-0.1, -0.05) is 18.2 Å². The van der Waals surface area contributed by atoms with Gasteiger partial charge in [0.2, 0.25) is 11.8 Å². The Bertz CT molecular complexity index is 848. The quantitative estimate of drug-likeness (QED) is 0.925. The van der Waals surface area contributed by atoms with Crippen LogP contribution in [-0.2, 0) is 9.59 Å². The summed E-state index contributed by atoms with van der Waals surface area (Å²) < 4.78 is 13.4. The van der Waals surface area contributed by atoms with Gasteiger partial charge in [-0.15, -0.1) is 0 Å². The molecule has 25 heavy (non-hydrogen) atoms. The van der Waals surface area contributed by atoms with Crippen molar-refractivity contribution in [2.45, 2.75) is 27.2 Å². The van der Waals surface area contributed by atoms with Gasteiger partial charge in [-0.2, -0.15) is 0 Å². The lowest BCUT2D eigenvalue weighted by atomic mass is 10.1. The first-order valence-corrected chi connectivity index (χ1v) is 8.30. The number of carbonyl (C=O) groups excluding carboxylic acids is 2. The molecule has 2 aromatic rings. The molecule has 3 rings (SSSR count). The van der Waals surface area contributed by atoms with E-state index in [0.717, 1.165) is 22.4 Å². The Morgan fingerprint density at radius 2 is 1.92 bits per heavy atom. The number of carbonyl (C=O) groups is 2. The third-order valence-corrected chi connectivity index (χ3v) is 4.82. The van der Waals surface area contributed by atoms with E-state index in [0.29, 0.717) is 12.2 Å². The monoisotopic (exact) mass is 340 g/mol. The fourth-order valence-electron chi connectivity index (χ4n) is 3.11. The highest BCUT2D eigenvalue weighted by Crippen LogP contribution is 2.30. The molecule has 5 heteroatoms. The van der Waals surface area contributed by atoms with Gasteiger partial charge in [-0.05, 0) is 55.7 Å². The highest BCUT2D eigenvalue weighted by Gasteiger charge is 2.35. The van der Waals surface area contributed by atoms with Crippen LogP contribution in [0.3, 0.4) is 0 Å². The molecule has 2 aromatic carbocycles. The van der Waals surface area contributed by atoms with E-state index in [1.165, 1.54) is 12.1 Å². The zero-order valence-corrected chi connectivity index (χ0v) is 14.6. The molecule has 0 saturated carbocycles. The molecular weight excluding hydrogens is 319 g/mol. The maximum atomic E-state index is 13.4. The largest absolute Gasteiger partial charge is 0.325 e. The lowest BCUT2D eigenvalue weighted by Crippen LogP contribution is -2.28. The van der Waals surface area contributed by atoms with Crippen molar-refractivity contribution in [2.75, 3.05) is 16.8 Å². The number of nitrogens with one attached hydrogen (secondary N) is 1. The van der Waals surface area contributed by atoms with Crippen molar-refractivity contribution in [3.8, 4) is 0 Å². The van der Waals surface area contributed by atoms with Gasteiger partial charge in [0.05, 0.1) is 5.92 Å². The van der Waals surface area contributed by atoms with E-state index < -0.39 is 11.7 Å². The molecule has 0 aliphatic carbocycles. The number of aryl methyl sites for hydroxylation is 2. The van der Waals surface area contributed by atoms with Crippen molar-refractivity contribution in [1.82, 2.24) is 0 Å². The summed E-state index contributed by atoms with van der Waals surface area (Å²) in [4.78, 5) is 26.6. The second kappa shape index (κ2) is 6.67. The Morgan fingerprint density at radius 1 is 1.16 bits per heavy atom. The van der Waals surface area contributed by atoms with Crippen LogP contribution >= 0.6 is 0 Å². The van der Waals surface area contributed by atoms with Gasteiger partial charge in [-0.25, -0.2) is 4.39 Å². The van der Waals surface area contributed by atoms with Gasteiger partial charge < -0.3 is 10.2 Å². The minimum atomic E-state index is -0.449. The summed E-state index contributed by atoms with van der Waals surface area (Å²) in [5, 5.41) is 2.75. The van der Waals surface area contributed by atoms with Crippen molar-refractivity contribution in [3.63, 3.8) is 0 Å². The molecule has 1 unspecified atom stereocenters. The second-order valence-corrected chi connectivity index (χ2v) is 6.57. The molecule has 4 nitrogen and oxygen atoms in total. The van der Waals surface area contributed by atoms with Crippen molar-refractivity contribution >= 4 is 23.2 Å². The number of hydrogen-bond acceptors (Lipinski definition) is 2. The molecule has 1 aliphatic heterocycles. The summed E-state index contributed by atoms with van der Waals surface area (Å²) in [6.07, 6.45) is 0.160. The summed E-state index contributed by atoms with van der Waals surface area (Å²) in [5.74, 6) is -1.17. The average Bonchev–Trinajstić information content (AvgIpc) is 2.95. The number of rotatable bonds is 3. The molecule has 1 heterocycles. The summed E-state index contributed by atoms with van der Waals surface area (Å²) >= 11 is 0. The predicted molar refractivity (Wildman–Crippen MR) is 96.1 cm³/mol. The van der Waals surface area contributed by atoms with Gasteiger partial charge in [0.15, 0.2) is 0 Å². The van der Waals surface area contributed by atoms with Gasteiger partial charge in [-0.3, -0.25) is 9.59 Å². The Balaban J connectivity index is 1.77. The van der Waals surface area contributed by atoms with E-state index in [1.54, 1.807) is 17.9 Å². The van der Waals surface area contributed by atoms with Gasteiger partial charge in [0.25, 0.3) is 0 Å². The Hall–Kier alpha value is -2.69. The molecule has 0 radical (unpaired) electrons. The third-order valence-electron chi connectivity index (χ3n) is 4.82. The molecule has 0 bridgehead atoms. The van der Waals surface area contributed by atoms with E-state index in [-0.39, 0.29) is 18.2 Å². The van der Waals surface area contributed by atoms with Gasteiger partial charge in [0.1, 0.15) is 5.82 Å². The Labute approximate surface area is 146 Å². The number of anilines is 2. The molecular formula is C20H21FN2O2. The smallest absolute Gasteiger partial charge is 0.229 e. The van der Waals surface area contributed by atoms with Gasteiger partial charge in [0, 0.05) is 24.3 Å². The molecule has 1 fully saturated rings. The number of nitrogens with zero attached hydrogens (tertiary/aromatic N) is 1. The number of hydrogen-bond donors (Lipinski definition) is 1. The lowest BCUT2D eigenvalue weighted by molar-refractivity contribution is -0.122. The molecule has 0 aromatic heterocycles. The average molecular weight is 340 g/mol. The highest BCUT2D eigenvalue weighted by atomic mass is 19.1. The maximum absolute atomic E-state index is 13.4. The fourth-order valence-corrected chi connectivity index (χ4v) is 3.11. The Morgan fingerprint density at radius 3 is 2.68 bits per heavy atom. The zero-order valence-electron chi connectivity index (χ0n) is 14.6. The standard InChI is InChI=1S/C20H21FN2O2/c1-12-5-4-6-18(14(12)3)23-11-15(9-19(23)24)20(25)22-17-10-16(21)8-7-13(17)2/h4-8,10,15H,9,11H2,1-3H3,(H,22,25). The minimum absolute atomic E-state index is 0.0650. The van der Waals surface area contributed by atoms with Crippen LogP contribution in [0.5, 0.6) is 0 Å². The van der Waals surface area contributed by atoms with Crippen LogP contribution < -0.4 is 10.2 Å². The van der Waals surface area contributed by atoms with Crippen molar-refractivity contribution in [2.24, 2.45) is 5.92 Å². The van der Waals surface area contributed by atoms with Crippen molar-refractivity contribution < 1.29 is 14.0 Å². The van der Waals surface area contributed by atoms with Crippen LogP contribution in [0.4, 0.5) is 15.8 Å². The summed E-state index contributed by atoms with van der Waals surface area (Å²) in [6, 6.07) is 10.1. The molecule has 0 spiro atoms. The van der Waals surface area contributed by atoms with E-state index in [2.05, 4.69) is 5.32 Å². The number of halogens is 1. The Kier molecular flexibility index (Phi) is 4.57. The summed E-state index contributed by atoms with van der Waals surface area (Å²) in [7, 11) is 0. The van der Waals surface area contributed by atoms with Crippen LogP contribution in [0.2, 0.25) is 0 Å². The van der Waals surface area contributed by atoms with E-state index in [1.807, 2.05) is 32.0 Å². The number of benzene rings is 2. The molecule has 1 N–H and O–H groups in total. The van der Waals surface area contributed by atoms with Crippen molar-refractivity contribution in [3.05, 3.63) is 58.9 Å². The van der Waals surface area contributed by atoms with Crippen molar-refractivity contribution in [1.29, 1.82) is 0 Å². The van der Waals surface area contributed by atoms with E-state index in [4.69, 9.17) is 0 Å². The van der Waals surface area contributed by atoms with Crippen LogP contribution in [0.25, 0.3) is 0 Å². The molecule has 130 valence electrons. The van der Waals surface area contributed by atoms with Crippen LogP contribution in [0.15, 0.2) is 36.4 Å². The first-order valence-electron chi connectivity index (χ1n) is 8.30. The maximum Gasteiger partial charge on any atom is 0.229 e. The second-order valence-electron chi connectivity index (χ2n) is 6.57. The van der Waals surface area contributed by atoms with Crippen LogP contribution in [-0.4, -0.2) is 18.4 Å². The molecule has 1 aliphatic rings. The topological polar surface area (TPSA) is 49.4 Å². The normalized spacial score (nSPS) is 17.0. The van der Waals surface area contributed by atoms with E-state index in [9.17, 15) is 14.0 Å². The van der Waals surface area contributed by atoms with Crippen LogP contribution in [0.1, 0.15) is 23.1 Å².